The molecule has 0 fully saturated rings. The van der Waals surface area contributed by atoms with Gasteiger partial charge in [-0.25, -0.2) is 4.79 Å². The van der Waals surface area contributed by atoms with Crippen LogP contribution in [0.5, 0.6) is 5.75 Å². The summed E-state index contributed by atoms with van der Waals surface area (Å²) in [5.74, 6) is -0.364. The van der Waals surface area contributed by atoms with Gasteiger partial charge in [-0.05, 0) is 31.6 Å². The average Bonchev–Trinajstić information content (AvgIpc) is 2.61. The van der Waals surface area contributed by atoms with Crippen molar-refractivity contribution in [1.82, 2.24) is 0 Å². The number of halogens is 3. The average molecular weight is 453 g/mol. The van der Waals surface area contributed by atoms with Crippen molar-refractivity contribution in [2.24, 2.45) is 0 Å². The minimum absolute atomic E-state index is 0.0832. The highest BCUT2D eigenvalue weighted by atomic mass is 33.1. The Morgan fingerprint density at radius 1 is 1.24 bits per heavy atom. The maximum atomic E-state index is 13.4. The molecule has 1 atom stereocenters. The number of aryl methyl sites for hydroxylation is 2. The van der Waals surface area contributed by atoms with Crippen LogP contribution in [0.4, 0.5) is 13.2 Å². The van der Waals surface area contributed by atoms with Crippen molar-refractivity contribution in [1.29, 1.82) is 0 Å². The molecule has 0 aliphatic carbocycles. The number of hydrogen-bond donors (Lipinski definition) is 0. The summed E-state index contributed by atoms with van der Waals surface area (Å²) >= 11 is 0. The standard InChI is InChI=1S/C17H18F3NO6S2/c1-10-7-11(2)14-12(8-10)9-13(15(27-14)17(18,19)20)16(22)25-3-5-28-29-6-4-26-21(23)24/h7-9,15H,3-6H2,1-2H3. The number of alkyl halides is 3. The van der Waals surface area contributed by atoms with Crippen LogP contribution in [0.2, 0.25) is 0 Å². The third-order valence-corrected chi connectivity index (χ3v) is 5.99. The highest BCUT2D eigenvalue weighted by molar-refractivity contribution is 8.76. The zero-order valence-corrected chi connectivity index (χ0v) is 17.1. The molecule has 1 aliphatic rings. The van der Waals surface area contributed by atoms with Gasteiger partial charge < -0.3 is 14.3 Å². The molecular weight excluding hydrogens is 435 g/mol. The van der Waals surface area contributed by atoms with Crippen molar-refractivity contribution in [3.63, 3.8) is 0 Å². The molecule has 1 aromatic rings. The number of esters is 1. The van der Waals surface area contributed by atoms with Crippen LogP contribution in [0.1, 0.15) is 16.7 Å². The van der Waals surface area contributed by atoms with Crippen LogP contribution in [-0.2, 0) is 14.4 Å². The van der Waals surface area contributed by atoms with Gasteiger partial charge in [0.15, 0.2) is 0 Å². The van der Waals surface area contributed by atoms with Gasteiger partial charge in [0.25, 0.3) is 5.09 Å². The summed E-state index contributed by atoms with van der Waals surface area (Å²) in [7, 11) is 2.51. The number of nitrogens with zero attached hydrogens (tertiary/aromatic N) is 1. The van der Waals surface area contributed by atoms with Crippen molar-refractivity contribution < 1.29 is 37.4 Å². The third-order valence-electron chi connectivity index (χ3n) is 3.66. The Hall–Kier alpha value is -2.08. The van der Waals surface area contributed by atoms with Crippen molar-refractivity contribution in [2.45, 2.75) is 26.1 Å². The van der Waals surface area contributed by atoms with E-state index in [0.29, 0.717) is 22.6 Å². The van der Waals surface area contributed by atoms with E-state index in [1.165, 1.54) is 21.6 Å². The second-order valence-electron chi connectivity index (χ2n) is 5.98. The van der Waals surface area contributed by atoms with Crippen LogP contribution in [0, 0.1) is 24.0 Å². The molecular formula is C17H18F3NO6S2. The van der Waals surface area contributed by atoms with Gasteiger partial charge in [0.2, 0.25) is 6.10 Å². The quantitative estimate of drug-likeness (QED) is 0.181. The minimum Gasteiger partial charge on any atom is -0.475 e. The van der Waals surface area contributed by atoms with Crippen molar-refractivity contribution >= 4 is 33.6 Å². The van der Waals surface area contributed by atoms with Gasteiger partial charge in [-0.1, -0.05) is 33.2 Å². The van der Waals surface area contributed by atoms with E-state index in [1.807, 2.05) is 0 Å². The Morgan fingerprint density at radius 2 is 1.90 bits per heavy atom. The normalized spacial score (nSPS) is 15.8. The van der Waals surface area contributed by atoms with Crippen LogP contribution in [-0.4, -0.2) is 48.1 Å². The molecule has 0 saturated carbocycles. The largest absolute Gasteiger partial charge is 0.475 e. The molecule has 0 bridgehead atoms. The maximum Gasteiger partial charge on any atom is 0.430 e. The predicted molar refractivity (Wildman–Crippen MR) is 103 cm³/mol. The van der Waals surface area contributed by atoms with Crippen LogP contribution >= 0.6 is 21.6 Å². The summed E-state index contributed by atoms with van der Waals surface area (Å²) in [5, 5.41) is 9.09. The van der Waals surface area contributed by atoms with Crippen LogP contribution in [0.25, 0.3) is 6.08 Å². The topological polar surface area (TPSA) is 87.9 Å². The lowest BCUT2D eigenvalue weighted by Gasteiger charge is -2.29. The zero-order valence-electron chi connectivity index (χ0n) is 15.5. The highest BCUT2D eigenvalue weighted by Crippen LogP contribution is 2.39. The third kappa shape index (κ3) is 6.74. The highest BCUT2D eigenvalue weighted by Gasteiger charge is 2.49. The fourth-order valence-electron chi connectivity index (χ4n) is 2.60. The molecule has 2 rings (SSSR count). The molecule has 1 unspecified atom stereocenters. The number of hydrogen-bond acceptors (Lipinski definition) is 8. The number of rotatable bonds is 9. The smallest absolute Gasteiger partial charge is 0.430 e. The Bertz CT molecular complexity index is 800. The van der Waals surface area contributed by atoms with Crippen LogP contribution in [0.3, 0.4) is 0 Å². The summed E-state index contributed by atoms with van der Waals surface area (Å²) in [4.78, 5) is 26.4. The summed E-state index contributed by atoms with van der Waals surface area (Å²) < 4.78 is 50.4. The first-order valence-electron chi connectivity index (χ1n) is 8.34. The molecule has 29 heavy (non-hydrogen) atoms. The van der Waals surface area contributed by atoms with Crippen LogP contribution < -0.4 is 4.74 Å². The van der Waals surface area contributed by atoms with E-state index in [0.717, 1.165) is 11.6 Å². The second-order valence-corrected chi connectivity index (χ2v) is 8.68. The number of ether oxygens (including phenoxy) is 2. The molecule has 7 nitrogen and oxygen atoms in total. The fraction of sp³-hybridized carbons (Fsp3) is 0.471. The number of fused-ring (bicyclic) bond motifs is 1. The minimum atomic E-state index is -4.78. The number of carbonyl (C=O) groups is 1. The molecule has 0 saturated heterocycles. The lowest BCUT2D eigenvalue weighted by molar-refractivity contribution is -0.756. The Kier molecular flexibility index (Phi) is 8.08. The Labute approximate surface area is 172 Å². The molecule has 1 heterocycles. The number of carbonyl (C=O) groups excluding carboxylic acids is 1. The summed E-state index contributed by atoms with van der Waals surface area (Å²) in [5.41, 5.74) is 1.17. The molecule has 12 heteroatoms. The van der Waals surface area contributed by atoms with Gasteiger partial charge in [0, 0.05) is 17.1 Å². The van der Waals surface area contributed by atoms with Crippen molar-refractivity contribution in [2.75, 3.05) is 24.7 Å². The summed E-state index contributed by atoms with van der Waals surface area (Å²) in [6.07, 6.45) is -6.01. The summed E-state index contributed by atoms with van der Waals surface area (Å²) in [6.45, 7) is 3.23. The van der Waals surface area contributed by atoms with Gasteiger partial charge >= 0.3 is 12.1 Å². The predicted octanol–water partition coefficient (Wildman–Crippen LogP) is 4.14. The lowest BCUT2D eigenvalue weighted by atomic mass is 9.97. The molecule has 0 N–H and O–H groups in total. The molecule has 1 aliphatic heterocycles. The van der Waals surface area contributed by atoms with E-state index in [9.17, 15) is 28.1 Å². The zero-order chi connectivity index (χ0) is 21.6. The second kappa shape index (κ2) is 10.1. The number of benzene rings is 1. The molecule has 0 aromatic heterocycles. The van der Waals surface area contributed by atoms with E-state index in [-0.39, 0.29) is 19.0 Å². The first-order valence-corrected chi connectivity index (χ1v) is 10.8. The van der Waals surface area contributed by atoms with E-state index in [2.05, 4.69) is 4.84 Å². The van der Waals surface area contributed by atoms with E-state index < -0.39 is 28.9 Å². The molecule has 0 radical (unpaired) electrons. The van der Waals surface area contributed by atoms with Gasteiger partial charge in [-0.15, -0.1) is 10.1 Å². The summed E-state index contributed by atoms with van der Waals surface area (Å²) in [6, 6.07) is 3.34. The van der Waals surface area contributed by atoms with Gasteiger partial charge in [-0.2, -0.15) is 13.2 Å². The fourth-order valence-corrected chi connectivity index (χ4v) is 4.25. The van der Waals surface area contributed by atoms with E-state index >= 15 is 0 Å². The molecule has 160 valence electrons. The molecule has 0 spiro atoms. The first kappa shape index (κ1) is 23.2. The SMILES string of the molecule is Cc1cc(C)c2c(c1)C=C(C(=O)OCCSSCCO[N+](=O)[O-])C(C(F)(F)F)O2. The van der Waals surface area contributed by atoms with Crippen LogP contribution in [0.15, 0.2) is 17.7 Å². The van der Waals surface area contributed by atoms with Gasteiger partial charge in [-0.3, -0.25) is 0 Å². The maximum absolute atomic E-state index is 13.4. The molecule has 0 amide bonds. The first-order chi connectivity index (χ1) is 13.6. The van der Waals surface area contributed by atoms with Crippen molar-refractivity contribution in [3.05, 3.63) is 44.5 Å². The lowest BCUT2D eigenvalue weighted by Crippen LogP contribution is -2.41. The van der Waals surface area contributed by atoms with Gasteiger partial charge in [0.05, 0.1) is 5.57 Å². The van der Waals surface area contributed by atoms with E-state index in [1.54, 1.807) is 26.0 Å². The van der Waals surface area contributed by atoms with Crippen molar-refractivity contribution in [3.8, 4) is 5.75 Å². The monoisotopic (exact) mass is 453 g/mol. The van der Waals surface area contributed by atoms with E-state index in [4.69, 9.17) is 9.47 Å². The Morgan fingerprint density at radius 3 is 2.52 bits per heavy atom. The Balaban J connectivity index is 1.97. The van der Waals surface area contributed by atoms with Gasteiger partial charge in [0.1, 0.15) is 19.0 Å². The molecule has 1 aromatic carbocycles.